The summed E-state index contributed by atoms with van der Waals surface area (Å²) >= 11 is 0. The molecule has 21 heavy (non-hydrogen) atoms. The Hall–Kier alpha value is -1.06. The number of amides is 1. The molecular formula is C17H25ClN2O. The minimum Gasteiger partial charge on any atom is -0.353 e. The van der Waals surface area contributed by atoms with Crippen molar-refractivity contribution in [1.82, 2.24) is 10.6 Å². The van der Waals surface area contributed by atoms with Crippen molar-refractivity contribution in [3.63, 3.8) is 0 Å². The largest absolute Gasteiger partial charge is 0.353 e. The highest BCUT2D eigenvalue weighted by Crippen LogP contribution is 2.29. The first-order valence-electron chi connectivity index (χ1n) is 7.88. The van der Waals surface area contributed by atoms with Crippen LogP contribution in [0.4, 0.5) is 0 Å². The van der Waals surface area contributed by atoms with Gasteiger partial charge in [-0.2, -0.15) is 0 Å². The summed E-state index contributed by atoms with van der Waals surface area (Å²) in [6.07, 6.45) is 5.70. The fourth-order valence-corrected chi connectivity index (χ4v) is 3.57. The molecule has 2 fully saturated rings. The fraction of sp³-hybridized carbons (Fsp3) is 0.588. The number of carbonyl (C=O) groups excluding carboxylic acids is 1. The first kappa shape index (κ1) is 16.3. The maximum Gasteiger partial charge on any atom is 0.224 e. The van der Waals surface area contributed by atoms with Crippen molar-refractivity contribution in [3.8, 4) is 0 Å². The second-order valence-corrected chi connectivity index (χ2v) is 6.19. The molecular weight excluding hydrogens is 284 g/mol. The Morgan fingerprint density at radius 1 is 1.19 bits per heavy atom. The van der Waals surface area contributed by atoms with Crippen LogP contribution in [0.1, 0.15) is 31.2 Å². The number of benzene rings is 1. The maximum atomic E-state index is 12.2. The molecule has 0 aromatic heterocycles. The summed E-state index contributed by atoms with van der Waals surface area (Å²) in [7, 11) is 0. The number of hydrogen-bond donors (Lipinski definition) is 2. The SMILES string of the molecule is Cl.O=C(NC1CCCC1Cc1ccccc1)C1CCNC1. The normalized spacial score (nSPS) is 28.1. The predicted molar refractivity (Wildman–Crippen MR) is 87.6 cm³/mol. The van der Waals surface area contributed by atoms with Crippen LogP contribution in [-0.4, -0.2) is 25.0 Å². The smallest absolute Gasteiger partial charge is 0.224 e. The van der Waals surface area contributed by atoms with Crippen LogP contribution in [0.3, 0.4) is 0 Å². The Morgan fingerprint density at radius 3 is 2.71 bits per heavy atom. The lowest BCUT2D eigenvalue weighted by Crippen LogP contribution is -2.42. The number of carbonyl (C=O) groups is 1. The Bertz CT molecular complexity index is 445. The lowest BCUT2D eigenvalue weighted by Gasteiger charge is -2.22. The van der Waals surface area contributed by atoms with Crippen LogP contribution in [0.15, 0.2) is 30.3 Å². The van der Waals surface area contributed by atoms with Gasteiger partial charge in [0.05, 0.1) is 5.92 Å². The second-order valence-electron chi connectivity index (χ2n) is 6.19. The summed E-state index contributed by atoms with van der Waals surface area (Å²) in [5.74, 6) is 1.06. The average Bonchev–Trinajstić information content (AvgIpc) is 3.12. The van der Waals surface area contributed by atoms with Gasteiger partial charge in [0.25, 0.3) is 0 Å². The van der Waals surface area contributed by atoms with Gasteiger partial charge in [-0.3, -0.25) is 4.79 Å². The van der Waals surface area contributed by atoms with E-state index in [4.69, 9.17) is 0 Å². The Kier molecular flexibility index (Phi) is 6.07. The molecule has 1 heterocycles. The molecule has 4 heteroatoms. The van der Waals surface area contributed by atoms with Gasteiger partial charge in [0.15, 0.2) is 0 Å². The molecule has 1 aromatic rings. The minimum atomic E-state index is 0. The highest BCUT2D eigenvalue weighted by atomic mass is 35.5. The van der Waals surface area contributed by atoms with Crippen LogP contribution in [-0.2, 0) is 11.2 Å². The molecule has 3 atom stereocenters. The van der Waals surface area contributed by atoms with Crippen LogP contribution >= 0.6 is 12.4 Å². The average molecular weight is 309 g/mol. The van der Waals surface area contributed by atoms with Gasteiger partial charge in [-0.25, -0.2) is 0 Å². The number of nitrogens with one attached hydrogen (secondary N) is 2. The lowest BCUT2D eigenvalue weighted by molar-refractivity contribution is -0.125. The van der Waals surface area contributed by atoms with Crippen molar-refractivity contribution in [2.24, 2.45) is 11.8 Å². The topological polar surface area (TPSA) is 41.1 Å². The van der Waals surface area contributed by atoms with Gasteiger partial charge in [0, 0.05) is 12.6 Å². The van der Waals surface area contributed by atoms with Crippen LogP contribution in [0.25, 0.3) is 0 Å². The number of halogens is 1. The third-order valence-electron chi connectivity index (χ3n) is 4.76. The van der Waals surface area contributed by atoms with E-state index in [1.807, 2.05) is 0 Å². The lowest BCUT2D eigenvalue weighted by atomic mass is 9.94. The van der Waals surface area contributed by atoms with Gasteiger partial charge in [-0.05, 0) is 43.7 Å². The van der Waals surface area contributed by atoms with Crippen LogP contribution in [0.5, 0.6) is 0 Å². The summed E-state index contributed by atoms with van der Waals surface area (Å²) in [5, 5.41) is 6.58. The molecule has 3 rings (SSSR count). The molecule has 116 valence electrons. The number of hydrogen-bond acceptors (Lipinski definition) is 2. The molecule has 0 spiro atoms. The van der Waals surface area contributed by atoms with Gasteiger partial charge >= 0.3 is 0 Å². The van der Waals surface area contributed by atoms with E-state index in [1.54, 1.807) is 0 Å². The van der Waals surface area contributed by atoms with Crippen molar-refractivity contribution in [2.75, 3.05) is 13.1 Å². The Labute approximate surface area is 133 Å². The van der Waals surface area contributed by atoms with E-state index in [1.165, 1.54) is 18.4 Å². The standard InChI is InChI=1S/C17H24N2O.ClH/c20-17(15-9-10-18-12-15)19-16-8-4-7-14(16)11-13-5-2-1-3-6-13;/h1-3,5-6,14-16,18H,4,7-12H2,(H,19,20);1H. The van der Waals surface area contributed by atoms with Crippen LogP contribution in [0, 0.1) is 11.8 Å². The molecule has 2 N–H and O–H groups in total. The Balaban J connectivity index is 0.00000161. The first-order chi connectivity index (χ1) is 9.83. The zero-order valence-electron chi connectivity index (χ0n) is 12.4. The zero-order chi connectivity index (χ0) is 13.8. The molecule has 3 nitrogen and oxygen atoms in total. The highest BCUT2D eigenvalue weighted by Gasteiger charge is 2.31. The molecule has 0 radical (unpaired) electrons. The molecule has 1 saturated heterocycles. The maximum absolute atomic E-state index is 12.2. The summed E-state index contributed by atoms with van der Waals surface area (Å²) in [6, 6.07) is 11.0. The summed E-state index contributed by atoms with van der Waals surface area (Å²) in [6.45, 7) is 1.83. The van der Waals surface area contributed by atoms with Crippen molar-refractivity contribution >= 4 is 18.3 Å². The van der Waals surface area contributed by atoms with E-state index in [0.717, 1.165) is 32.4 Å². The quantitative estimate of drug-likeness (QED) is 0.897. The molecule has 0 bridgehead atoms. The van der Waals surface area contributed by atoms with Gasteiger partial charge in [0.1, 0.15) is 0 Å². The summed E-state index contributed by atoms with van der Waals surface area (Å²) in [4.78, 5) is 12.2. The molecule has 1 aliphatic carbocycles. The van der Waals surface area contributed by atoms with Crippen LogP contribution in [0.2, 0.25) is 0 Å². The van der Waals surface area contributed by atoms with Crippen molar-refractivity contribution in [3.05, 3.63) is 35.9 Å². The zero-order valence-corrected chi connectivity index (χ0v) is 13.2. The molecule has 1 aliphatic heterocycles. The van der Waals surface area contributed by atoms with E-state index in [-0.39, 0.29) is 24.2 Å². The van der Waals surface area contributed by atoms with Gasteiger partial charge < -0.3 is 10.6 Å². The summed E-state index contributed by atoms with van der Waals surface area (Å²) < 4.78 is 0. The minimum absolute atomic E-state index is 0. The molecule has 2 aliphatic rings. The number of rotatable bonds is 4. The predicted octanol–water partition coefficient (Wildman–Crippen LogP) is 2.55. The third-order valence-corrected chi connectivity index (χ3v) is 4.76. The van der Waals surface area contributed by atoms with Crippen molar-refractivity contribution < 1.29 is 4.79 Å². The van der Waals surface area contributed by atoms with E-state index in [9.17, 15) is 4.79 Å². The highest BCUT2D eigenvalue weighted by molar-refractivity contribution is 5.85. The van der Waals surface area contributed by atoms with E-state index >= 15 is 0 Å². The van der Waals surface area contributed by atoms with Crippen LogP contribution < -0.4 is 10.6 Å². The first-order valence-corrected chi connectivity index (χ1v) is 7.88. The third kappa shape index (κ3) is 4.21. The van der Waals surface area contributed by atoms with Gasteiger partial charge in [0.2, 0.25) is 5.91 Å². The molecule has 1 aromatic carbocycles. The molecule has 3 unspecified atom stereocenters. The van der Waals surface area contributed by atoms with Gasteiger partial charge in [-0.15, -0.1) is 12.4 Å². The van der Waals surface area contributed by atoms with E-state index in [0.29, 0.717) is 12.0 Å². The Morgan fingerprint density at radius 2 is 2.00 bits per heavy atom. The van der Waals surface area contributed by atoms with Gasteiger partial charge in [-0.1, -0.05) is 36.8 Å². The second kappa shape index (κ2) is 7.81. The monoisotopic (exact) mass is 308 g/mol. The van der Waals surface area contributed by atoms with E-state index in [2.05, 4.69) is 41.0 Å². The summed E-state index contributed by atoms with van der Waals surface area (Å²) in [5.41, 5.74) is 1.39. The molecule has 1 amide bonds. The fourth-order valence-electron chi connectivity index (χ4n) is 3.57. The van der Waals surface area contributed by atoms with Crippen molar-refractivity contribution in [1.29, 1.82) is 0 Å². The van der Waals surface area contributed by atoms with Crippen molar-refractivity contribution in [2.45, 2.75) is 38.1 Å². The molecule has 1 saturated carbocycles. The van der Waals surface area contributed by atoms with E-state index < -0.39 is 0 Å².